The molecule has 92 valence electrons. The van der Waals surface area contributed by atoms with Crippen molar-refractivity contribution in [3.63, 3.8) is 0 Å². The van der Waals surface area contributed by atoms with Crippen LogP contribution in [-0.2, 0) is 4.79 Å². The number of anilines is 1. The molecule has 1 saturated heterocycles. The highest BCUT2D eigenvalue weighted by Gasteiger charge is 2.23. The second-order valence-corrected chi connectivity index (χ2v) is 4.15. The van der Waals surface area contributed by atoms with Gasteiger partial charge in [-0.15, -0.1) is 0 Å². The lowest BCUT2D eigenvalue weighted by Gasteiger charge is -2.23. The van der Waals surface area contributed by atoms with Crippen molar-refractivity contribution < 1.29 is 9.18 Å². The van der Waals surface area contributed by atoms with Gasteiger partial charge in [-0.3, -0.25) is 4.79 Å². The summed E-state index contributed by atoms with van der Waals surface area (Å²) in [5.41, 5.74) is 0.288. The third kappa shape index (κ3) is 2.51. The van der Waals surface area contributed by atoms with E-state index in [1.165, 1.54) is 0 Å². The van der Waals surface area contributed by atoms with E-state index in [-0.39, 0.29) is 17.4 Å². The Morgan fingerprint density at radius 3 is 2.88 bits per heavy atom. The smallest absolute Gasteiger partial charge is 0.242 e. The van der Waals surface area contributed by atoms with Crippen molar-refractivity contribution in [3.8, 4) is 0 Å². The van der Waals surface area contributed by atoms with E-state index in [0.29, 0.717) is 18.8 Å². The molecule has 1 aliphatic heterocycles. The monoisotopic (exact) mass is 238 g/mol. The van der Waals surface area contributed by atoms with Crippen molar-refractivity contribution in [1.82, 2.24) is 15.3 Å². The predicted molar refractivity (Wildman–Crippen MR) is 61.1 cm³/mol. The molecule has 2 heterocycles. The number of hydrogen-bond donors (Lipinski definition) is 2. The van der Waals surface area contributed by atoms with Gasteiger partial charge in [-0.05, 0) is 26.7 Å². The number of carbonyl (C=O) groups excluding carboxylic acids is 1. The molecule has 0 spiro atoms. The summed E-state index contributed by atoms with van der Waals surface area (Å²) in [5, 5.41) is 5.58. The summed E-state index contributed by atoms with van der Waals surface area (Å²) in [7, 11) is 0. The Hall–Kier alpha value is -1.72. The minimum Gasteiger partial charge on any atom is -0.356 e. The SMILES string of the molecule is Cc1nc(C)c(F)c(N[C@H]2CCCNC2=O)n1. The molecule has 5 nitrogen and oxygen atoms in total. The maximum atomic E-state index is 13.7. The second kappa shape index (κ2) is 4.65. The molecule has 0 unspecified atom stereocenters. The molecule has 17 heavy (non-hydrogen) atoms. The molecule has 0 saturated carbocycles. The van der Waals surface area contributed by atoms with Crippen LogP contribution in [0.15, 0.2) is 0 Å². The lowest BCUT2D eigenvalue weighted by molar-refractivity contribution is -0.123. The molecule has 1 amide bonds. The number of rotatable bonds is 2. The highest BCUT2D eigenvalue weighted by atomic mass is 19.1. The number of amides is 1. The maximum Gasteiger partial charge on any atom is 0.242 e. The number of hydrogen-bond acceptors (Lipinski definition) is 4. The van der Waals surface area contributed by atoms with Gasteiger partial charge in [0.05, 0.1) is 5.69 Å². The van der Waals surface area contributed by atoms with E-state index in [2.05, 4.69) is 20.6 Å². The highest BCUT2D eigenvalue weighted by molar-refractivity contribution is 5.85. The van der Waals surface area contributed by atoms with E-state index in [1.807, 2.05) is 0 Å². The lowest BCUT2D eigenvalue weighted by atomic mass is 10.1. The largest absolute Gasteiger partial charge is 0.356 e. The number of halogens is 1. The van der Waals surface area contributed by atoms with Gasteiger partial charge >= 0.3 is 0 Å². The van der Waals surface area contributed by atoms with Gasteiger partial charge in [0, 0.05) is 6.54 Å². The number of carbonyl (C=O) groups is 1. The first-order valence-electron chi connectivity index (χ1n) is 5.63. The molecule has 6 heteroatoms. The first kappa shape index (κ1) is 11.8. The van der Waals surface area contributed by atoms with Crippen molar-refractivity contribution in [3.05, 3.63) is 17.3 Å². The Morgan fingerprint density at radius 1 is 1.41 bits per heavy atom. The molecule has 0 aliphatic carbocycles. The molecular weight excluding hydrogens is 223 g/mol. The zero-order chi connectivity index (χ0) is 12.4. The predicted octanol–water partition coefficient (Wildman–Crippen LogP) is 0.923. The van der Waals surface area contributed by atoms with Crippen molar-refractivity contribution >= 4 is 11.7 Å². The van der Waals surface area contributed by atoms with E-state index >= 15 is 0 Å². The Morgan fingerprint density at radius 2 is 2.18 bits per heavy atom. The van der Waals surface area contributed by atoms with Gasteiger partial charge in [0.15, 0.2) is 11.6 Å². The van der Waals surface area contributed by atoms with Gasteiger partial charge in [0.2, 0.25) is 5.91 Å². The molecule has 2 rings (SSSR count). The van der Waals surface area contributed by atoms with Gasteiger partial charge in [-0.1, -0.05) is 0 Å². The fourth-order valence-corrected chi connectivity index (χ4v) is 1.87. The quantitative estimate of drug-likeness (QED) is 0.804. The van der Waals surface area contributed by atoms with E-state index in [1.54, 1.807) is 13.8 Å². The topological polar surface area (TPSA) is 66.9 Å². The van der Waals surface area contributed by atoms with Gasteiger partial charge in [0.25, 0.3) is 0 Å². The average Bonchev–Trinajstić information content (AvgIpc) is 2.28. The highest BCUT2D eigenvalue weighted by Crippen LogP contribution is 2.17. The van der Waals surface area contributed by atoms with Crippen LogP contribution in [0.25, 0.3) is 0 Å². The number of aryl methyl sites for hydroxylation is 2. The summed E-state index contributed by atoms with van der Waals surface area (Å²) >= 11 is 0. The fourth-order valence-electron chi connectivity index (χ4n) is 1.87. The number of nitrogens with one attached hydrogen (secondary N) is 2. The zero-order valence-corrected chi connectivity index (χ0v) is 9.88. The van der Waals surface area contributed by atoms with Crippen LogP contribution < -0.4 is 10.6 Å². The molecule has 0 radical (unpaired) electrons. The summed E-state index contributed by atoms with van der Waals surface area (Å²) in [6, 6.07) is -0.410. The van der Waals surface area contributed by atoms with Crippen LogP contribution in [0.4, 0.5) is 10.2 Å². The molecule has 1 aromatic rings. The summed E-state index contributed by atoms with van der Waals surface area (Å²) in [6.45, 7) is 3.95. The number of aromatic nitrogens is 2. The van der Waals surface area contributed by atoms with Gasteiger partial charge in [-0.2, -0.15) is 0 Å². The second-order valence-electron chi connectivity index (χ2n) is 4.15. The van der Waals surface area contributed by atoms with Crippen molar-refractivity contribution in [2.75, 3.05) is 11.9 Å². The lowest BCUT2D eigenvalue weighted by Crippen LogP contribution is -2.44. The first-order valence-corrected chi connectivity index (χ1v) is 5.63. The standard InChI is InChI=1S/C11H15FN4O/c1-6-9(12)10(15-7(2)14-6)16-8-4-3-5-13-11(8)17/h8H,3-5H2,1-2H3,(H,13,17)(H,14,15,16)/t8-/m0/s1. The average molecular weight is 238 g/mol. The Bertz CT molecular complexity index is 449. The Balaban J connectivity index is 2.20. The summed E-state index contributed by atoms with van der Waals surface area (Å²) in [6.07, 6.45) is 1.57. The third-order valence-electron chi connectivity index (χ3n) is 2.72. The molecule has 1 aromatic heterocycles. The molecule has 0 bridgehead atoms. The minimum atomic E-state index is -0.492. The van der Waals surface area contributed by atoms with E-state index < -0.39 is 11.9 Å². The van der Waals surface area contributed by atoms with Crippen molar-refractivity contribution in [2.24, 2.45) is 0 Å². The van der Waals surface area contributed by atoms with Gasteiger partial charge < -0.3 is 10.6 Å². The van der Waals surface area contributed by atoms with E-state index in [9.17, 15) is 9.18 Å². The maximum absolute atomic E-state index is 13.7. The van der Waals surface area contributed by atoms with Gasteiger partial charge in [0.1, 0.15) is 11.9 Å². The van der Waals surface area contributed by atoms with Crippen LogP contribution >= 0.6 is 0 Å². The van der Waals surface area contributed by atoms with Crippen LogP contribution in [0, 0.1) is 19.7 Å². The molecule has 1 aliphatic rings. The van der Waals surface area contributed by atoms with E-state index in [0.717, 1.165) is 6.42 Å². The normalized spacial score (nSPS) is 19.9. The van der Waals surface area contributed by atoms with Crippen molar-refractivity contribution in [1.29, 1.82) is 0 Å². The number of piperidine rings is 1. The fraction of sp³-hybridized carbons (Fsp3) is 0.545. The molecular formula is C11H15FN4O. The molecule has 2 N–H and O–H groups in total. The molecule has 1 atom stereocenters. The zero-order valence-electron chi connectivity index (χ0n) is 9.88. The Labute approximate surface area is 98.8 Å². The third-order valence-corrected chi connectivity index (χ3v) is 2.72. The van der Waals surface area contributed by atoms with Crippen LogP contribution in [0.3, 0.4) is 0 Å². The summed E-state index contributed by atoms with van der Waals surface area (Å²) in [5.74, 6) is -0.00166. The van der Waals surface area contributed by atoms with E-state index in [4.69, 9.17) is 0 Å². The minimum absolute atomic E-state index is 0.107. The first-order chi connectivity index (χ1) is 8.08. The van der Waals surface area contributed by atoms with Gasteiger partial charge in [-0.25, -0.2) is 14.4 Å². The van der Waals surface area contributed by atoms with Crippen LogP contribution in [0.2, 0.25) is 0 Å². The molecule has 0 aromatic carbocycles. The van der Waals surface area contributed by atoms with Crippen molar-refractivity contribution in [2.45, 2.75) is 32.7 Å². The Kier molecular flexibility index (Phi) is 3.21. The number of nitrogens with zero attached hydrogens (tertiary/aromatic N) is 2. The van der Waals surface area contributed by atoms with Crippen LogP contribution in [-0.4, -0.2) is 28.5 Å². The molecule has 1 fully saturated rings. The van der Waals surface area contributed by atoms with Crippen LogP contribution in [0.1, 0.15) is 24.4 Å². The van der Waals surface area contributed by atoms with Crippen LogP contribution in [0.5, 0.6) is 0 Å². The summed E-state index contributed by atoms with van der Waals surface area (Å²) < 4.78 is 13.7. The summed E-state index contributed by atoms with van der Waals surface area (Å²) in [4.78, 5) is 19.4.